The summed E-state index contributed by atoms with van der Waals surface area (Å²) in [5, 5.41) is 19.8. The zero-order valence-electron chi connectivity index (χ0n) is 89.6. The van der Waals surface area contributed by atoms with Crippen molar-refractivity contribution in [3.05, 3.63) is 113 Å². The van der Waals surface area contributed by atoms with Gasteiger partial charge in [-0.25, -0.2) is 39.5 Å². The van der Waals surface area contributed by atoms with Crippen molar-refractivity contribution in [2.24, 2.45) is 57.2 Å². The number of nitrogens with zero attached hydrogens (tertiary/aromatic N) is 8. The van der Waals surface area contributed by atoms with Crippen molar-refractivity contribution >= 4 is 97.9 Å². The highest BCUT2D eigenvalue weighted by atomic mass is 35.5. The number of aryl methyl sites for hydroxylation is 3. The predicted octanol–water partition coefficient (Wildman–Crippen LogP) is 13.9. The highest BCUT2D eigenvalue weighted by Gasteiger charge is 2.51. The van der Waals surface area contributed by atoms with E-state index in [2.05, 4.69) is 95.8 Å². The maximum Gasteiger partial charge on any atom is 0.328 e. The molecule has 9 aliphatic rings. The first-order chi connectivity index (χ1) is 68.6. The monoisotopic (exact) mass is 2030 g/mol. The van der Waals surface area contributed by atoms with E-state index < -0.39 is 82.4 Å². The molecule has 6 aromatic rings. The van der Waals surface area contributed by atoms with Crippen molar-refractivity contribution in [3.8, 4) is 66.0 Å². The fraction of sp³-hybridized carbons (Fsp3) is 0.605. The Hall–Kier alpha value is -12.2. The number of methoxy groups -OCH3 is 2. The lowest BCUT2D eigenvalue weighted by Crippen LogP contribution is -2.88. The molecule has 3 saturated heterocycles. The van der Waals surface area contributed by atoms with Crippen LogP contribution in [0.3, 0.4) is 0 Å². The van der Waals surface area contributed by atoms with Gasteiger partial charge in [0.2, 0.25) is 23.6 Å². The molecule has 7 fully saturated rings. The van der Waals surface area contributed by atoms with Gasteiger partial charge in [-0.2, -0.15) is 0 Å². The van der Waals surface area contributed by atoms with Crippen LogP contribution < -0.4 is 41.0 Å². The molecule has 8 heterocycles. The zero-order chi connectivity index (χ0) is 107. The number of halogens is 1. The summed E-state index contributed by atoms with van der Waals surface area (Å²) in [6.07, 6.45) is 25.2. The number of esters is 4. The van der Waals surface area contributed by atoms with Gasteiger partial charge in [-0.3, -0.25) is 28.8 Å². The number of carboxylic acid groups (broad SMARTS) is 1. The van der Waals surface area contributed by atoms with Gasteiger partial charge in [0.1, 0.15) is 79.2 Å². The molecule has 18 atom stereocenters. The molecular formula is C114H154ClN12O19+. The molecular weight excluding hydrogens is 1880 g/mol. The Labute approximate surface area is 866 Å². The van der Waals surface area contributed by atoms with E-state index in [9.17, 15) is 48.3 Å². The van der Waals surface area contributed by atoms with Crippen LogP contribution in [0.15, 0.2) is 79.5 Å². The van der Waals surface area contributed by atoms with E-state index in [1.165, 1.54) is 14.2 Å². The Morgan fingerprint density at radius 3 is 1.33 bits per heavy atom. The van der Waals surface area contributed by atoms with E-state index in [-0.39, 0.29) is 127 Å². The number of quaternary nitrogens is 2. The number of ether oxygens (including phenoxy) is 9. The molecule has 31 nitrogen and oxygen atoms in total. The molecule has 0 radical (unpaired) electrons. The largest absolute Gasteiger partial charge is 0.550 e. The lowest BCUT2D eigenvalue weighted by molar-refractivity contribution is -0.659. The van der Waals surface area contributed by atoms with Crippen LogP contribution in [-0.4, -0.2) is 205 Å². The average Bonchev–Trinajstić information content (AvgIpc) is 1.78. The predicted molar refractivity (Wildman–Crippen MR) is 554 cm³/mol. The summed E-state index contributed by atoms with van der Waals surface area (Å²) >= 11 is 6.14. The molecule has 4 bridgehead atoms. The number of fused-ring (bicyclic) bond motifs is 11. The molecule has 2 unspecified atom stereocenters. The third-order valence-electron chi connectivity index (χ3n) is 26.9. The average molecular weight is 2030 g/mol. The Bertz CT molecular complexity index is 5640. The van der Waals surface area contributed by atoms with E-state index in [0.717, 1.165) is 148 Å². The summed E-state index contributed by atoms with van der Waals surface area (Å²) in [6.45, 7) is 47.7. The smallest absolute Gasteiger partial charge is 0.328 e. The fourth-order valence-corrected chi connectivity index (χ4v) is 18.4. The molecule has 2 amide bonds. The highest BCUT2D eigenvalue weighted by molar-refractivity contribution is 6.31. The normalized spacial score (nSPS) is 24.6. The molecule has 4 aliphatic carbocycles. The standard InChI is InChI=1S/2C31H38N4O5.C17H26O3.C16H24O4.C15H16ClN3O2.C4H11N/c2*1-18-12-13-22-24(14-18)34-28-23(33-22)11-9-7-8-10-20-15-26(20)39-19(2)32-27(31(3,4)5)29(36)35-17-21(40-28)16-25(35)30(37)38-6;1-6-7-8-9-13-10-15(13)20-16(19)11-14(12(2)18)17(3,4)5;1-5-6-7-8-11-9-13(11)20-14(17)10-12(15(18)19)16(2,3)4;1-8-3-4-11-13(5-8)19-15(14(16)18-11)21-10-6-12(9(2)20)17-7-10;1-4(2,3)5/h2*12-14,20-21,25-27,32H,2,7-8,10,15-17H2,1,3-6H3;1,13-15H,7-11H2,2-5H3;1,11-13H,6-10H2,2-4H3,(H,18,19);3-5,10,12,17H,6-7H2,1-2H3;5H2,1-3H3/p+1/t2*20-,21?,25+,26-,27-;13-,14-,15-;11-,12-,13-;10-,12+;/m11111./s1. The number of carbonyl (C=O) groups is 9. The van der Waals surface area contributed by atoms with Crippen molar-refractivity contribution < 1.29 is 102 Å². The number of benzene rings is 3. The molecule has 32 heteroatoms. The number of nitrogens with two attached hydrogens (primary N) is 1. The third-order valence-corrected chi connectivity index (χ3v) is 27.2. The van der Waals surface area contributed by atoms with Crippen LogP contribution in [0.5, 0.6) is 17.6 Å². The molecule has 146 heavy (non-hydrogen) atoms. The van der Waals surface area contributed by atoms with Crippen molar-refractivity contribution in [2.75, 3.05) is 33.9 Å². The van der Waals surface area contributed by atoms with E-state index in [0.29, 0.717) is 81.9 Å². The van der Waals surface area contributed by atoms with Crippen LogP contribution in [0.4, 0.5) is 0 Å². The van der Waals surface area contributed by atoms with Crippen molar-refractivity contribution in [1.82, 2.24) is 50.3 Å². The molecule has 790 valence electrons. The minimum absolute atomic E-state index is 0.0237. The second kappa shape index (κ2) is 51.0. The van der Waals surface area contributed by atoms with E-state index in [1.54, 1.807) is 44.4 Å². The lowest BCUT2D eigenvalue weighted by Gasteiger charge is -2.35. The highest BCUT2D eigenvalue weighted by Crippen LogP contribution is 2.45. The number of Topliss-reactive ketones (excluding diaryl/α,β-unsaturated/α-hetero) is 2. The second-order valence-corrected chi connectivity index (χ2v) is 46.0. The van der Waals surface area contributed by atoms with E-state index in [4.69, 9.17) is 87.0 Å². The SMILES string of the molecule is C#CCCC[C@@H]1C[C@H]1OC(=O)C[C@H](C(=O)[O-])C(C)(C)C.C#CCCC[C@@H]1C[C@H]1OC(=O)C[C@H](C(C)=O)C(C)(C)C.C=C1N[C@@H](C(C)(C)C)C(=O)N2CC(C[C@H]2C(=O)OC)Oc2nc3cc(C)ccc3nc2C#CCCC[C@@H]2C[C@H]2O1.C=C1N[C@@H](C(C)(C)C)C(=O)N2CC(C[C@H]2C(=O)OC)Oc2nc3cc(C)ccc3nc2C#CCCC[C@@H]2C[C@H]2O1.CC(=O)[C@@H]1C[C@@H](Oc2nc3cc(C)ccc3nc2Cl)C[NH2+]1.CC(C)(C)[NH3+]. The Morgan fingerprint density at radius 1 is 0.568 bits per heavy atom. The van der Waals surface area contributed by atoms with Crippen LogP contribution >= 0.6 is 11.6 Å². The van der Waals surface area contributed by atoms with Gasteiger partial charge < -0.3 is 84.0 Å². The lowest BCUT2D eigenvalue weighted by atomic mass is 9.76. The Balaban J connectivity index is 0.000000192. The Morgan fingerprint density at radius 2 is 0.966 bits per heavy atom. The van der Waals surface area contributed by atoms with E-state index in [1.807, 2.05) is 143 Å². The molecule has 4 saturated carbocycles. The maximum atomic E-state index is 14.0. The van der Waals surface area contributed by atoms with Crippen LogP contribution in [-0.2, 0) is 71.6 Å². The number of carbonyl (C=O) groups excluding carboxylic acids is 9. The second-order valence-electron chi connectivity index (χ2n) is 45.6. The number of hydrogen-bond acceptors (Lipinski definition) is 27. The number of carboxylic acids is 1. The van der Waals surface area contributed by atoms with Gasteiger partial charge in [0.05, 0.1) is 78.8 Å². The summed E-state index contributed by atoms with van der Waals surface area (Å²) in [7, 11) is 2.65. The number of nitrogens with one attached hydrogen (secondary N) is 2. The summed E-state index contributed by atoms with van der Waals surface area (Å²) < 4.78 is 51.6. The first-order valence-corrected chi connectivity index (χ1v) is 51.6. The minimum Gasteiger partial charge on any atom is -0.550 e. The van der Waals surface area contributed by atoms with Crippen molar-refractivity contribution in [2.45, 2.75) is 352 Å². The number of terminal acetylenes is 2. The fourth-order valence-electron chi connectivity index (χ4n) is 18.2. The number of rotatable bonds is 19. The number of unbranched alkanes of at least 4 members (excludes halogenated alkanes) is 2. The number of aliphatic carboxylic acids is 1. The quantitative estimate of drug-likeness (QED) is 0.0253. The molecule has 15 rings (SSSR count). The first-order valence-electron chi connectivity index (χ1n) is 51.3. The van der Waals surface area contributed by atoms with Gasteiger partial charge >= 0.3 is 23.9 Å². The minimum atomic E-state index is -1.20. The number of aromatic nitrogens is 6. The maximum absolute atomic E-state index is 14.0. The van der Waals surface area contributed by atoms with Crippen LogP contribution in [0.1, 0.15) is 281 Å². The number of amides is 2. The van der Waals surface area contributed by atoms with Crippen LogP contribution in [0.25, 0.3) is 33.1 Å². The Kier molecular flexibility index (Phi) is 40.4. The van der Waals surface area contributed by atoms with Gasteiger partial charge in [0, 0.05) is 69.7 Å². The summed E-state index contributed by atoms with van der Waals surface area (Å²) in [6, 6.07) is 14.6. The number of hydrogen-bond donors (Lipinski definition) is 4. The summed E-state index contributed by atoms with van der Waals surface area (Å²) in [4.78, 5) is 142. The van der Waals surface area contributed by atoms with Gasteiger partial charge in [0.15, 0.2) is 40.2 Å². The molecule has 3 aromatic carbocycles. The zero-order valence-corrected chi connectivity index (χ0v) is 90.4. The third kappa shape index (κ3) is 35.0. The molecule has 0 spiro atoms. The summed E-state index contributed by atoms with van der Waals surface area (Å²) in [5.41, 5.74) is 10.8. The van der Waals surface area contributed by atoms with Crippen molar-refractivity contribution in [1.29, 1.82) is 0 Å². The van der Waals surface area contributed by atoms with Gasteiger partial charge in [-0.15, -0.1) is 24.7 Å². The van der Waals surface area contributed by atoms with Crippen molar-refractivity contribution in [3.63, 3.8) is 0 Å². The first kappa shape index (κ1) is 116. The molecule has 3 aromatic heterocycles. The van der Waals surface area contributed by atoms with Gasteiger partial charge in [0.25, 0.3) is 5.88 Å². The molecule has 7 N–H and O–H groups in total. The van der Waals surface area contributed by atoms with E-state index >= 15 is 0 Å². The summed E-state index contributed by atoms with van der Waals surface area (Å²) in [5.74, 6) is 17.2. The van der Waals surface area contributed by atoms with Crippen LogP contribution in [0, 0.1) is 126 Å². The molecule has 5 aliphatic heterocycles. The number of ketones is 2. The van der Waals surface area contributed by atoms with Crippen LogP contribution in [0.2, 0.25) is 5.15 Å². The topological polar surface area (TPSA) is 412 Å². The van der Waals surface area contributed by atoms with Gasteiger partial charge in [-0.1, -0.05) is 125 Å². The van der Waals surface area contributed by atoms with Gasteiger partial charge in [-0.05, 0) is 249 Å².